The molecular formula is C12H17FN2O2. The average molecular weight is 240 g/mol. The quantitative estimate of drug-likeness (QED) is 0.723. The normalized spacial score (nSPS) is 11.3. The van der Waals surface area contributed by atoms with Crippen molar-refractivity contribution >= 4 is 11.6 Å². The third kappa shape index (κ3) is 5.42. The lowest BCUT2D eigenvalue weighted by Gasteiger charge is -2.17. The van der Waals surface area contributed by atoms with Crippen LogP contribution in [0.3, 0.4) is 0 Å². The highest BCUT2D eigenvalue weighted by atomic mass is 19.1. The van der Waals surface area contributed by atoms with Gasteiger partial charge < -0.3 is 15.7 Å². The third-order valence-corrected chi connectivity index (χ3v) is 1.99. The maximum atomic E-state index is 13.2. The van der Waals surface area contributed by atoms with Gasteiger partial charge in [-0.2, -0.15) is 0 Å². The second kappa shape index (κ2) is 5.75. The zero-order valence-corrected chi connectivity index (χ0v) is 9.96. The number of hydrogen-bond donors (Lipinski definition) is 3. The van der Waals surface area contributed by atoms with Crippen molar-refractivity contribution in [3.05, 3.63) is 30.1 Å². The number of aliphatic hydroxyl groups is 1. The number of halogens is 1. The van der Waals surface area contributed by atoms with Gasteiger partial charge in [-0.05, 0) is 26.0 Å². The van der Waals surface area contributed by atoms with Crippen molar-refractivity contribution < 1.29 is 14.3 Å². The number of nitrogens with one attached hydrogen (secondary N) is 2. The molecule has 0 saturated heterocycles. The van der Waals surface area contributed by atoms with Crippen LogP contribution in [0, 0.1) is 5.82 Å². The Bertz CT molecular complexity index is 388. The molecule has 0 fully saturated rings. The summed E-state index contributed by atoms with van der Waals surface area (Å²) < 4.78 is 13.2. The Morgan fingerprint density at radius 1 is 1.41 bits per heavy atom. The van der Waals surface area contributed by atoms with Crippen LogP contribution in [0.4, 0.5) is 10.1 Å². The van der Waals surface area contributed by atoms with Crippen LogP contribution in [0.5, 0.6) is 0 Å². The maximum Gasteiger partial charge on any atom is 0.238 e. The van der Waals surface area contributed by atoms with Crippen LogP contribution >= 0.6 is 0 Å². The molecule has 1 amide bonds. The standard InChI is InChI=1S/C12H17FN2O2/c1-12(2,17)8-14-7-11(16)15-10-6-4-3-5-9(10)13/h3-6,14,17H,7-8H2,1-2H3,(H,15,16). The first-order valence-electron chi connectivity index (χ1n) is 5.36. The first kappa shape index (κ1) is 13.6. The number of hydrogen-bond acceptors (Lipinski definition) is 3. The molecule has 0 bridgehead atoms. The molecule has 5 heteroatoms. The van der Waals surface area contributed by atoms with Gasteiger partial charge in [0.2, 0.25) is 5.91 Å². The van der Waals surface area contributed by atoms with Gasteiger partial charge in [0, 0.05) is 6.54 Å². The summed E-state index contributed by atoms with van der Waals surface area (Å²) >= 11 is 0. The van der Waals surface area contributed by atoms with Gasteiger partial charge in [0.05, 0.1) is 17.8 Å². The summed E-state index contributed by atoms with van der Waals surface area (Å²) in [5.41, 5.74) is -0.722. The van der Waals surface area contributed by atoms with Crippen molar-refractivity contribution in [3.63, 3.8) is 0 Å². The minimum absolute atomic E-state index is 0.0261. The van der Waals surface area contributed by atoms with Crippen LogP contribution in [0.25, 0.3) is 0 Å². The summed E-state index contributed by atoms with van der Waals surface area (Å²) in [4.78, 5) is 11.4. The average Bonchev–Trinajstić information content (AvgIpc) is 2.19. The predicted octanol–water partition coefficient (Wildman–Crippen LogP) is 1.12. The molecule has 0 aliphatic rings. The van der Waals surface area contributed by atoms with Crippen molar-refractivity contribution in [1.82, 2.24) is 5.32 Å². The molecule has 0 radical (unpaired) electrons. The number of carbonyl (C=O) groups is 1. The number of anilines is 1. The van der Waals surface area contributed by atoms with Crippen LogP contribution in [0.15, 0.2) is 24.3 Å². The number of carbonyl (C=O) groups excluding carboxylic acids is 1. The topological polar surface area (TPSA) is 61.4 Å². The fourth-order valence-corrected chi connectivity index (χ4v) is 1.24. The lowest BCUT2D eigenvalue weighted by atomic mass is 10.1. The molecule has 0 aliphatic heterocycles. The predicted molar refractivity (Wildman–Crippen MR) is 64.2 cm³/mol. The van der Waals surface area contributed by atoms with E-state index in [1.165, 1.54) is 12.1 Å². The molecule has 1 aromatic carbocycles. The summed E-state index contributed by atoms with van der Waals surface area (Å²) in [5.74, 6) is -0.817. The second-order valence-corrected chi connectivity index (χ2v) is 4.44. The molecular weight excluding hydrogens is 223 g/mol. The fourth-order valence-electron chi connectivity index (χ4n) is 1.24. The lowest BCUT2D eigenvalue weighted by molar-refractivity contribution is -0.115. The highest BCUT2D eigenvalue weighted by Crippen LogP contribution is 2.11. The first-order valence-corrected chi connectivity index (χ1v) is 5.36. The van der Waals surface area contributed by atoms with Crippen LogP contribution in [0.2, 0.25) is 0 Å². The van der Waals surface area contributed by atoms with Gasteiger partial charge in [-0.15, -0.1) is 0 Å². The van der Waals surface area contributed by atoms with Crippen molar-refractivity contribution in [2.45, 2.75) is 19.4 Å². The maximum absolute atomic E-state index is 13.2. The minimum atomic E-state index is -0.877. The molecule has 1 aromatic rings. The van der Waals surface area contributed by atoms with Crippen molar-refractivity contribution in [2.75, 3.05) is 18.4 Å². The molecule has 1 rings (SSSR count). The summed E-state index contributed by atoms with van der Waals surface area (Å²) in [5, 5.41) is 14.6. The molecule has 0 aromatic heterocycles. The van der Waals surface area contributed by atoms with E-state index in [2.05, 4.69) is 10.6 Å². The van der Waals surface area contributed by atoms with E-state index in [1.807, 2.05) is 0 Å². The molecule has 0 atom stereocenters. The van der Waals surface area contributed by atoms with E-state index in [0.717, 1.165) is 0 Å². The summed E-state index contributed by atoms with van der Waals surface area (Å²) in [6.07, 6.45) is 0. The molecule has 17 heavy (non-hydrogen) atoms. The van der Waals surface area contributed by atoms with Crippen LogP contribution < -0.4 is 10.6 Å². The van der Waals surface area contributed by atoms with Crippen LogP contribution in [-0.4, -0.2) is 29.7 Å². The Labute approximate surface area is 99.8 Å². The third-order valence-electron chi connectivity index (χ3n) is 1.99. The zero-order valence-electron chi connectivity index (χ0n) is 9.96. The monoisotopic (exact) mass is 240 g/mol. The summed E-state index contributed by atoms with van der Waals surface area (Å²) in [6, 6.07) is 5.96. The Morgan fingerprint density at radius 2 is 2.06 bits per heavy atom. The number of amides is 1. The molecule has 0 aliphatic carbocycles. The minimum Gasteiger partial charge on any atom is -0.389 e. The molecule has 0 heterocycles. The van der Waals surface area contributed by atoms with E-state index in [1.54, 1.807) is 26.0 Å². The molecule has 0 spiro atoms. The van der Waals surface area contributed by atoms with E-state index in [0.29, 0.717) is 0 Å². The van der Waals surface area contributed by atoms with Crippen molar-refractivity contribution in [3.8, 4) is 0 Å². The van der Waals surface area contributed by atoms with E-state index < -0.39 is 11.4 Å². The van der Waals surface area contributed by atoms with Crippen molar-refractivity contribution in [2.24, 2.45) is 0 Å². The van der Waals surface area contributed by atoms with E-state index in [9.17, 15) is 14.3 Å². The second-order valence-electron chi connectivity index (χ2n) is 4.44. The van der Waals surface area contributed by atoms with Crippen LogP contribution in [0.1, 0.15) is 13.8 Å². The zero-order chi connectivity index (χ0) is 12.9. The smallest absolute Gasteiger partial charge is 0.238 e. The van der Waals surface area contributed by atoms with Gasteiger partial charge in [-0.3, -0.25) is 4.79 Å². The molecule has 4 nitrogen and oxygen atoms in total. The molecule has 94 valence electrons. The van der Waals surface area contributed by atoms with E-state index >= 15 is 0 Å². The summed E-state index contributed by atoms with van der Waals surface area (Å²) in [6.45, 7) is 3.58. The fraction of sp³-hybridized carbons (Fsp3) is 0.417. The highest BCUT2D eigenvalue weighted by Gasteiger charge is 2.12. The SMILES string of the molecule is CC(C)(O)CNCC(=O)Nc1ccccc1F. The van der Waals surface area contributed by atoms with Gasteiger partial charge in [-0.25, -0.2) is 4.39 Å². The molecule has 0 unspecified atom stereocenters. The Kier molecular flexibility index (Phi) is 4.60. The van der Waals surface area contributed by atoms with Gasteiger partial charge in [0.1, 0.15) is 5.82 Å². The highest BCUT2D eigenvalue weighted by molar-refractivity contribution is 5.92. The molecule has 0 saturated carbocycles. The largest absolute Gasteiger partial charge is 0.389 e. The van der Waals surface area contributed by atoms with Gasteiger partial charge >= 0.3 is 0 Å². The van der Waals surface area contributed by atoms with Gasteiger partial charge in [0.15, 0.2) is 0 Å². The number of rotatable bonds is 5. The van der Waals surface area contributed by atoms with Crippen molar-refractivity contribution in [1.29, 1.82) is 0 Å². The Morgan fingerprint density at radius 3 is 2.65 bits per heavy atom. The summed E-state index contributed by atoms with van der Waals surface area (Å²) in [7, 11) is 0. The number of benzene rings is 1. The first-order chi connectivity index (χ1) is 7.88. The van der Waals surface area contributed by atoms with Gasteiger partial charge in [-0.1, -0.05) is 12.1 Å². The van der Waals surface area contributed by atoms with Gasteiger partial charge in [0.25, 0.3) is 0 Å². The lowest BCUT2D eigenvalue weighted by Crippen LogP contribution is -2.38. The van der Waals surface area contributed by atoms with E-state index in [-0.39, 0.29) is 24.7 Å². The number of para-hydroxylation sites is 1. The Balaban J connectivity index is 2.38. The molecule has 3 N–H and O–H groups in total. The van der Waals surface area contributed by atoms with E-state index in [4.69, 9.17) is 0 Å². The Hall–Kier alpha value is -1.46. The van der Waals surface area contributed by atoms with Crippen LogP contribution in [-0.2, 0) is 4.79 Å².